The molecule has 0 fully saturated rings. The van der Waals surface area contributed by atoms with Crippen LogP contribution in [0.1, 0.15) is 37.8 Å². The van der Waals surface area contributed by atoms with Gasteiger partial charge in [-0.1, -0.05) is 23.7 Å². The van der Waals surface area contributed by atoms with E-state index in [0.29, 0.717) is 18.1 Å². The van der Waals surface area contributed by atoms with Crippen molar-refractivity contribution in [3.05, 3.63) is 34.3 Å². The molecule has 0 aliphatic heterocycles. The zero-order chi connectivity index (χ0) is 15.3. The lowest BCUT2D eigenvalue weighted by Gasteiger charge is -2.22. The molecule has 1 unspecified atom stereocenters. The molecule has 1 atom stereocenters. The molecule has 0 spiro atoms. The molecule has 0 saturated heterocycles. The first-order valence-corrected chi connectivity index (χ1v) is 7.03. The van der Waals surface area contributed by atoms with Crippen LogP contribution in [0.3, 0.4) is 0 Å². The van der Waals surface area contributed by atoms with E-state index in [2.05, 4.69) is 5.32 Å². The molecule has 0 aliphatic carbocycles. The van der Waals surface area contributed by atoms with E-state index >= 15 is 0 Å². The Morgan fingerprint density at radius 2 is 2.10 bits per heavy atom. The fraction of sp³-hybridized carbons (Fsp3) is 0.533. The fourth-order valence-corrected chi connectivity index (χ4v) is 1.91. The molecule has 112 valence electrons. The van der Waals surface area contributed by atoms with Gasteiger partial charge in [-0.05, 0) is 44.9 Å². The van der Waals surface area contributed by atoms with Crippen molar-refractivity contribution in [3.63, 3.8) is 0 Å². The van der Waals surface area contributed by atoms with Crippen molar-refractivity contribution in [2.75, 3.05) is 13.1 Å². The average molecular weight is 299 g/mol. The minimum absolute atomic E-state index is 0.0145. The first-order valence-electron chi connectivity index (χ1n) is 6.66. The zero-order valence-corrected chi connectivity index (χ0v) is 13.3. The van der Waals surface area contributed by atoms with Gasteiger partial charge in [-0.15, -0.1) is 0 Å². The van der Waals surface area contributed by atoms with Gasteiger partial charge in [0.25, 0.3) is 0 Å². The van der Waals surface area contributed by atoms with Crippen molar-refractivity contribution < 1.29 is 9.53 Å². The summed E-state index contributed by atoms with van der Waals surface area (Å²) in [7, 11) is 0. The number of halogens is 1. The van der Waals surface area contributed by atoms with Gasteiger partial charge in [0, 0.05) is 24.0 Å². The monoisotopic (exact) mass is 298 g/mol. The third-order valence-electron chi connectivity index (χ3n) is 2.84. The van der Waals surface area contributed by atoms with Gasteiger partial charge in [0.15, 0.2) is 0 Å². The average Bonchev–Trinajstić information content (AvgIpc) is 2.32. The predicted octanol–water partition coefficient (Wildman–Crippen LogP) is 3.22. The fourth-order valence-electron chi connectivity index (χ4n) is 1.72. The van der Waals surface area contributed by atoms with Gasteiger partial charge < -0.3 is 15.8 Å². The van der Waals surface area contributed by atoms with Crippen LogP contribution in [0.25, 0.3) is 0 Å². The van der Waals surface area contributed by atoms with E-state index in [0.717, 1.165) is 11.1 Å². The number of nitrogens with two attached hydrogens (primary N) is 1. The van der Waals surface area contributed by atoms with Crippen LogP contribution >= 0.6 is 11.6 Å². The van der Waals surface area contributed by atoms with Crippen molar-refractivity contribution in [1.82, 2.24) is 5.32 Å². The molecule has 0 aromatic heterocycles. The number of carbonyl (C=O) groups is 1. The summed E-state index contributed by atoms with van der Waals surface area (Å²) in [5.41, 5.74) is 7.30. The molecule has 4 nitrogen and oxygen atoms in total. The summed E-state index contributed by atoms with van der Waals surface area (Å²) in [4.78, 5) is 11.6. The number of aryl methyl sites for hydroxylation is 1. The maximum atomic E-state index is 11.6. The van der Waals surface area contributed by atoms with Gasteiger partial charge in [0.05, 0.1) is 0 Å². The van der Waals surface area contributed by atoms with E-state index in [1.54, 1.807) is 0 Å². The topological polar surface area (TPSA) is 64.3 Å². The van der Waals surface area contributed by atoms with E-state index in [1.807, 2.05) is 45.9 Å². The van der Waals surface area contributed by atoms with Gasteiger partial charge >= 0.3 is 6.09 Å². The second-order valence-corrected chi connectivity index (χ2v) is 6.23. The maximum absolute atomic E-state index is 11.6. The summed E-state index contributed by atoms with van der Waals surface area (Å²) in [6.07, 6.45) is -0.436. The minimum Gasteiger partial charge on any atom is -0.444 e. The van der Waals surface area contributed by atoms with E-state index in [9.17, 15) is 4.79 Å². The van der Waals surface area contributed by atoms with Crippen molar-refractivity contribution >= 4 is 17.7 Å². The summed E-state index contributed by atoms with van der Waals surface area (Å²) in [6.45, 7) is 8.27. The maximum Gasteiger partial charge on any atom is 0.407 e. The molecule has 0 radical (unpaired) electrons. The Morgan fingerprint density at radius 1 is 1.45 bits per heavy atom. The van der Waals surface area contributed by atoms with Gasteiger partial charge in [-0.3, -0.25) is 0 Å². The molecule has 1 aromatic rings. The molecular weight excluding hydrogens is 276 g/mol. The third kappa shape index (κ3) is 5.39. The molecule has 1 rings (SSSR count). The number of rotatable bonds is 4. The Hall–Kier alpha value is -1.26. The Kier molecular flexibility index (Phi) is 5.84. The number of hydrogen-bond acceptors (Lipinski definition) is 3. The molecule has 0 bridgehead atoms. The molecular formula is C15H23ClN2O2. The van der Waals surface area contributed by atoms with Crippen molar-refractivity contribution in [1.29, 1.82) is 0 Å². The van der Waals surface area contributed by atoms with Crippen molar-refractivity contribution in [2.45, 2.75) is 39.2 Å². The molecule has 0 saturated carbocycles. The van der Waals surface area contributed by atoms with E-state index in [4.69, 9.17) is 22.1 Å². The Morgan fingerprint density at radius 3 is 2.60 bits per heavy atom. The van der Waals surface area contributed by atoms with E-state index in [1.165, 1.54) is 0 Å². The first-order chi connectivity index (χ1) is 9.23. The van der Waals surface area contributed by atoms with Crippen LogP contribution in [0, 0.1) is 6.92 Å². The van der Waals surface area contributed by atoms with Gasteiger partial charge in [-0.2, -0.15) is 0 Å². The SMILES string of the molecule is Cc1ccc(C(CN)CNC(=O)OC(C)(C)C)cc1Cl. The van der Waals surface area contributed by atoms with Crippen molar-refractivity contribution in [3.8, 4) is 0 Å². The highest BCUT2D eigenvalue weighted by Crippen LogP contribution is 2.22. The molecule has 20 heavy (non-hydrogen) atoms. The third-order valence-corrected chi connectivity index (χ3v) is 3.25. The number of carbonyl (C=O) groups excluding carboxylic acids is 1. The second kappa shape index (κ2) is 6.95. The first kappa shape index (κ1) is 16.8. The number of alkyl carbamates (subject to hydrolysis) is 1. The highest BCUT2D eigenvalue weighted by Gasteiger charge is 2.18. The Bertz CT molecular complexity index is 469. The number of benzene rings is 1. The summed E-state index contributed by atoms with van der Waals surface area (Å²) in [6, 6.07) is 5.83. The number of ether oxygens (including phenoxy) is 1. The van der Waals surface area contributed by atoms with Crippen molar-refractivity contribution in [2.24, 2.45) is 5.73 Å². The molecule has 1 amide bonds. The van der Waals surface area contributed by atoms with Gasteiger partial charge in [0.2, 0.25) is 0 Å². The lowest BCUT2D eigenvalue weighted by Crippen LogP contribution is -2.36. The predicted molar refractivity (Wildman–Crippen MR) is 82.2 cm³/mol. The van der Waals surface area contributed by atoms with Crippen LogP contribution in [0.2, 0.25) is 5.02 Å². The largest absolute Gasteiger partial charge is 0.444 e. The van der Waals surface area contributed by atoms with Crippen LogP contribution in [-0.4, -0.2) is 24.8 Å². The summed E-state index contributed by atoms with van der Waals surface area (Å²) < 4.78 is 5.19. The summed E-state index contributed by atoms with van der Waals surface area (Å²) >= 11 is 6.11. The van der Waals surface area contributed by atoms with Gasteiger partial charge in [0.1, 0.15) is 5.60 Å². The molecule has 1 aromatic carbocycles. The van der Waals surface area contributed by atoms with Crippen LogP contribution in [0.4, 0.5) is 4.79 Å². The number of amides is 1. The highest BCUT2D eigenvalue weighted by molar-refractivity contribution is 6.31. The Labute approximate surface area is 125 Å². The molecule has 5 heteroatoms. The van der Waals surface area contributed by atoms with Crippen LogP contribution in [0.5, 0.6) is 0 Å². The lowest BCUT2D eigenvalue weighted by molar-refractivity contribution is 0.0525. The molecule has 3 N–H and O–H groups in total. The number of hydrogen-bond donors (Lipinski definition) is 2. The van der Waals surface area contributed by atoms with E-state index in [-0.39, 0.29) is 5.92 Å². The zero-order valence-electron chi connectivity index (χ0n) is 12.5. The van der Waals surface area contributed by atoms with Crippen LogP contribution in [-0.2, 0) is 4.74 Å². The summed E-state index contributed by atoms with van der Waals surface area (Å²) in [5, 5.41) is 3.45. The quantitative estimate of drug-likeness (QED) is 0.897. The van der Waals surface area contributed by atoms with Crippen LogP contribution in [0.15, 0.2) is 18.2 Å². The lowest BCUT2D eigenvalue weighted by atomic mass is 9.98. The minimum atomic E-state index is -0.505. The Balaban J connectivity index is 2.63. The standard InChI is InChI=1S/C15H23ClN2O2/c1-10-5-6-11(7-13(10)16)12(8-17)9-18-14(19)20-15(2,3)4/h5-7,12H,8-9,17H2,1-4H3,(H,18,19). The second-order valence-electron chi connectivity index (χ2n) is 5.82. The van der Waals surface area contributed by atoms with Gasteiger partial charge in [-0.25, -0.2) is 4.79 Å². The smallest absolute Gasteiger partial charge is 0.407 e. The van der Waals surface area contributed by atoms with E-state index < -0.39 is 11.7 Å². The number of nitrogens with one attached hydrogen (secondary N) is 1. The summed E-state index contributed by atoms with van der Waals surface area (Å²) in [5.74, 6) is 0.0145. The molecule has 0 heterocycles. The van der Waals surface area contributed by atoms with Crippen LogP contribution < -0.4 is 11.1 Å². The normalized spacial score (nSPS) is 12.9. The highest BCUT2D eigenvalue weighted by atomic mass is 35.5. The molecule has 0 aliphatic rings.